The lowest BCUT2D eigenvalue weighted by Crippen LogP contribution is -2.15. The first kappa shape index (κ1) is 15.1. The molecule has 1 unspecified atom stereocenters. The molecular formula is C17H20BrNO. The average molecular weight is 334 g/mol. The molecule has 2 N–H and O–H groups in total. The summed E-state index contributed by atoms with van der Waals surface area (Å²) in [4.78, 5) is 0. The van der Waals surface area contributed by atoms with Crippen molar-refractivity contribution in [3.8, 4) is 5.75 Å². The summed E-state index contributed by atoms with van der Waals surface area (Å²) < 4.78 is 6.54. The summed E-state index contributed by atoms with van der Waals surface area (Å²) in [6, 6.07) is 14.7. The van der Waals surface area contributed by atoms with Gasteiger partial charge in [-0.3, -0.25) is 0 Å². The summed E-state index contributed by atoms with van der Waals surface area (Å²) in [5, 5.41) is 0. The fourth-order valence-corrected chi connectivity index (χ4v) is 2.67. The third kappa shape index (κ3) is 3.62. The summed E-state index contributed by atoms with van der Waals surface area (Å²) >= 11 is 3.46. The number of aryl methyl sites for hydroxylation is 1. The van der Waals surface area contributed by atoms with Gasteiger partial charge in [0.05, 0.1) is 7.11 Å². The van der Waals surface area contributed by atoms with Crippen LogP contribution in [0.3, 0.4) is 0 Å². The van der Waals surface area contributed by atoms with E-state index in [1.165, 1.54) is 16.7 Å². The molecule has 2 rings (SSSR count). The molecule has 0 aromatic heterocycles. The molecule has 20 heavy (non-hydrogen) atoms. The van der Waals surface area contributed by atoms with Crippen molar-refractivity contribution in [1.29, 1.82) is 0 Å². The van der Waals surface area contributed by atoms with Gasteiger partial charge in [-0.15, -0.1) is 0 Å². The number of halogens is 1. The van der Waals surface area contributed by atoms with Crippen molar-refractivity contribution in [1.82, 2.24) is 0 Å². The number of hydrogen-bond acceptors (Lipinski definition) is 2. The van der Waals surface area contributed by atoms with Gasteiger partial charge in [0, 0.05) is 10.4 Å². The van der Waals surface area contributed by atoms with Crippen molar-refractivity contribution < 1.29 is 4.74 Å². The average Bonchev–Trinajstić information content (AvgIpc) is 2.46. The van der Waals surface area contributed by atoms with E-state index in [2.05, 4.69) is 59.3 Å². The Hall–Kier alpha value is -1.32. The molecule has 106 valence electrons. The first-order valence-corrected chi connectivity index (χ1v) is 7.52. The highest BCUT2D eigenvalue weighted by molar-refractivity contribution is 9.10. The largest absolute Gasteiger partial charge is 0.496 e. The molecule has 0 spiro atoms. The van der Waals surface area contributed by atoms with E-state index in [1.54, 1.807) is 7.11 Å². The summed E-state index contributed by atoms with van der Waals surface area (Å²) in [6.07, 6.45) is 0.892. The molecule has 3 heteroatoms. The SMILES string of the molecule is COc1ccc(C)cc1CC(CN)c1ccc(Br)cc1. The lowest BCUT2D eigenvalue weighted by Gasteiger charge is -2.18. The molecule has 1 atom stereocenters. The Morgan fingerprint density at radius 1 is 1.15 bits per heavy atom. The zero-order chi connectivity index (χ0) is 14.5. The number of methoxy groups -OCH3 is 1. The number of ether oxygens (including phenoxy) is 1. The van der Waals surface area contributed by atoms with Crippen LogP contribution in [0, 0.1) is 6.92 Å². The third-order valence-electron chi connectivity index (χ3n) is 3.53. The van der Waals surface area contributed by atoms with E-state index in [9.17, 15) is 0 Å². The summed E-state index contributed by atoms with van der Waals surface area (Å²) in [6.45, 7) is 2.72. The van der Waals surface area contributed by atoms with Crippen LogP contribution in [0.4, 0.5) is 0 Å². The van der Waals surface area contributed by atoms with Crippen molar-refractivity contribution >= 4 is 15.9 Å². The zero-order valence-electron chi connectivity index (χ0n) is 11.9. The van der Waals surface area contributed by atoms with Crippen LogP contribution < -0.4 is 10.5 Å². The number of nitrogens with two attached hydrogens (primary N) is 1. The second-order valence-corrected chi connectivity index (χ2v) is 5.92. The molecule has 0 aliphatic rings. The van der Waals surface area contributed by atoms with Gasteiger partial charge < -0.3 is 10.5 Å². The Labute approximate surface area is 129 Å². The fraction of sp³-hybridized carbons (Fsp3) is 0.294. The van der Waals surface area contributed by atoms with E-state index in [0.717, 1.165) is 16.6 Å². The maximum Gasteiger partial charge on any atom is 0.122 e. The predicted molar refractivity (Wildman–Crippen MR) is 87.4 cm³/mol. The molecular weight excluding hydrogens is 314 g/mol. The highest BCUT2D eigenvalue weighted by atomic mass is 79.9. The number of rotatable bonds is 5. The Bertz CT molecular complexity index is 566. The van der Waals surface area contributed by atoms with Crippen molar-refractivity contribution in [3.05, 3.63) is 63.6 Å². The van der Waals surface area contributed by atoms with Gasteiger partial charge in [0.2, 0.25) is 0 Å². The van der Waals surface area contributed by atoms with Crippen LogP contribution in [-0.2, 0) is 6.42 Å². The van der Waals surface area contributed by atoms with Crippen molar-refractivity contribution in [2.75, 3.05) is 13.7 Å². The standard InChI is InChI=1S/C17H20BrNO/c1-12-3-8-17(20-2)14(9-12)10-15(11-19)13-4-6-16(18)7-5-13/h3-9,15H,10-11,19H2,1-2H3. The van der Waals surface area contributed by atoms with Crippen molar-refractivity contribution in [2.24, 2.45) is 5.73 Å². The van der Waals surface area contributed by atoms with Crippen LogP contribution >= 0.6 is 15.9 Å². The molecule has 2 aromatic rings. The quantitative estimate of drug-likeness (QED) is 0.895. The van der Waals surface area contributed by atoms with Gasteiger partial charge in [-0.2, -0.15) is 0 Å². The minimum absolute atomic E-state index is 0.304. The van der Waals surface area contributed by atoms with Gasteiger partial charge in [0.15, 0.2) is 0 Å². The molecule has 0 fully saturated rings. The molecule has 2 nitrogen and oxygen atoms in total. The third-order valence-corrected chi connectivity index (χ3v) is 4.06. The smallest absolute Gasteiger partial charge is 0.122 e. The van der Waals surface area contributed by atoms with Gasteiger partial charge in [0.1, 0.15) is 5.75 Å². The summed E-state index contributed by atoms with van der Waals surface area (Å²) in [7, 11) is 1.71. The molecule has 0 aliphatic heterocycles. The summed E-state index contributed by atoms with van der Waals surface area (Å²) in [5.74, 6) is 1.24. The van der Waals surface area contributed by atoms with Crippen LogP contribution in [0.1, 0.15) is 22.6 Å². The highest BCUT2D eigenvalue weighted by Gasteiger charge is 2.13. The molecule has 0 saturated carbocycles. The van der Waals surface area contributed by atoms with Crippen LogP contribution in [-0.4, -0.2) is 13.7 Å². The molecule has 2 aromatic carbocycles. The summed E-state index contributed by atoms with van der Waals surface area (Å²) in [5.41, 5.74) is 9.69. The van der Waals surface area contributed by atoms with E-state index in [4.69, 9.17) is 10.5 Å². The molecule has 0 bridgehead atoms. The van der Waals surface area contributed by atoms with Crippen LogP contribution in [0.15, 0.2) is 46.9 Å². The van der Waals surface area contributed by atoms with Gasteiger partial charge in [-0.25, -0.2) is 0 Å². The Kier molecular flexibility index (Phi) is 5.21. The number of benzene rings is 2. The molecule has 0 aliphatic carbocycles. The second-order valence-electron chi connectivity index (χ2n) is 5.00. The topological polar surface area (TPSA) is 35.2 Å². The highest BCUT2D eigenvalue weighted by Crippen LogP contribution is 2.27. The first-order chi connectivity index (χ1) is 9.63. The lowest BCUT2D eigenvalue weighted by molar-refractivity contribution is 0.408. The van der Waals surface area contributed by atoms with E-state index in [-0.39, 0.29) is 0 Å². The van der Waals surface area contributed by atoms with Gasteiger partial charge in [-0.05, 0) is 49.2 Å². The Morgan fingerprint density at radius 3 is 2.45 bits per heavy atom. The van der Waals surface area contributed by atoms with E-state index in [1.807, 2.05) is 6.07 Å². The van der Waals surface area contributed by atoms with Crippen molar-refractivity contribution in [3.63, 3.8) is 0 Å². The van der Waals surface area contributed by atoms with E-state index < -0.39 is 0 Å². The zero-order valence-corrected chi connectivity index (χ0v) is 13.5. The first-order valence-electron chi connectivity index (χ1n) is 6.73. The van der Waals surface area contributed by atoms with Gasteiger partial charge in [-0.1, -0.05) is 45.8 Å². The molecule has 0 saturated heterocycles. The minimum Gasteiger partial charge on any atom is -0.496 e. The maximum atomic E-state index is 5.97. The Balaban J connectivity index is 2.26. The lowest BCUT2D eigenvalue weighted by atomic mass is 9.91. The molecule has 0 amide bonds. The van der Waals surface area contributed by atoms with Crippen LogP contribution in [0.2, 0.25) is 0 Å². The normalized spacial score (nSPS) is 12.2. The Morgan fingerprint density at radius 2 is 1.85 bits per heavy atom. The minimum atomic E-state index is 0.304. The molecule has 0 heterocycles. The van der Waals surface area contributed by atoms with E-state index in [0.29, 0.717) is 12.5 Å². The van der Waals surface area contributed by atoms with Crippen LogP contribution in [0.25, 0.3) is 0 Å². The monoisotopic (exact) mass is 333 g/mol. The fourth-order valence-electron chi connectivity index (χ4n) is 2.40. The second kappa shape index (κ2) is 6.91. The number of hydrogen-bond donors (Lipinski definition) is 1. The van der Waals surface area contributed by atoms with Crippen molar-refractivity contribution in [2.45, 2.75) is 19.3 Å². The van der Waals surface area contributed by atoms with Gasteiger partial charge >= 0.3 is 0 Å². The maximum absolute atomic E-state index is 5.97. The van der Waals surface area contributed by atoms with Gasteiger partial charge in [0.25, 0.3) is 0 Å². The predicted octanol–water partition coefficient (Wildman–Crippen LogP) is 4.05. The van der Waals surface area contributed by atoms with E-state index >= 15 is 0 Å². The molecule has 0 radical (unpaired) electrons. The van der Waals surface area contributed by atoms with Crippen LogP contribution in [0.5, 0.6) is 5.75 Å².